The molecule has 0 fully saturated rings. The number of primary amides is 1. The highest BCUT2D eigenvalue weighted by Gasteiger charge is 2.04. The summed E-state index contributed by atoms with van der Waals surface area (Å²) in [4.78, 5) is 10.6. The maximum absolute atomic E-state index is 10.6. The molecule has 3 N–H and O–H groups in total. The van der Waals surface area contributed by atoms with Crippen molar-refractivity contribution in [1.29, 1.82) is 0 Å². The molecule has 3 heteroatoms. The third-order valence-corrected chi connectivity index (χ3v) is 2.36. The Balaban J connectivity index is 2.46. The number of nitrogens with two attached hydrogens (primary N) is 1. The molecular formula is C12H18N2O. The van der Waals surface area contributed by atoms with Crippen LogP contribution in [0.1, 0.15) is 30.5 Å². The Labute approximate surface area is 90.7 Å². The van der Waals surface area contributed by atoms with Crippen LogP contribution < -0.4 is 11.1 Å². The molecule has 1 aromatic rings. The van der Waals surface area contributed by atoms with Gasteiger partial charge >= 0.3 is 0 Å². The molecule has 0 aliphatic rings. The van der Waals surface area contributed by atoms with Gasteiger partial charge in [-0.3, -0.25) is 4.79 Å². The van der Waals surface area contributed by atoms with E-state index in [1.165, 1.54) is 11.1 Å². The van der Waals surface area contributed by atoms with Crippen LogP contribution in [-0.2, 0) is 4.79 Å². The predicted molar refractivity (Wildman–Crippen MR) is 61.4 cm³/mol. The molecule has 15 heavy (non-hydrogen) atoms. The molecule has 0 bridgehead atoms. The fourth-order valence-electron chi connectivity index (χ4n) is 1.47. The van der Waals surface area contributed by atoms with Crippen molar-refractivity contribution in [2.75, 3.05) is 6.54 Å². The minimum absolute atomic E-state index is 0.254. The molecule has 0 radical (unpaired) electrons. The van der Waals surface area contributed by atoms with E-state index in [2.05, 4.69) is 37.4 Å². The Morgan fingerprint density at radius 2 is 2.27 bits per heavy atom. The molecule has 1 unspecified atom stereocenters. The average molecular weight is 206 g/mol. The lowest BCUT2D eigenvalue weighted by molar-refractivity contribution is -0.117. The van der Waals surface area contributed by atoms with Crippen molar-refractivity contribution in [3.63, 3.8) is 0 Å². The van der Waals surface area contributed by atoms with Gasteiger partial charge in [-0.25, -0.2) is 0 Å². The van der Waals surface area contributed by atoms with E-state index < -0.39 is 0 Å². The van der Waals surface area contributed by atoms with Crippen LogP contribution in [0.4, 0.5) is 0 Å². The zero-order valence-electron chi connectivity index (χ0n) is 9.29. The summed E-state index contributed by atoms with van der Waals surface area (Å²) >= 11 is 0. The third-order valence-electron chi connectivity index (χ3n) is 2.36. The second kappa shape index (κ2) is 5.51. The zero-order valence-corrected chi connectivity index (χ0v) is 9.29. The fourth-order valence-corrected chi connectivity index (χ4v) is 1.47. The Morgan fingerprint density at radius 1 is 1.53 bits per heavy atom. The van der Waals surface area contributed by atoms with Gasteiger partial charge in [0.1, 0.15) is 0 Å². The summed E-state index contributed by atoms with van der Waals surface area (Å²) in [7, 11) is 0. The molecule has 0 aliphatic heterocycles. The molecule has 1 atom stereocenters. The number of rotatable bonds is 5. The van der Waals surface area contributed by atoms with Gasteiger partial charge in [-0.1, -0.05) is 29.8 Å². The Morgan fingerprint density at radius 3 is 2.87 bits per heavy atom. The zero-order chi connectivity index (χ0) is 11.3. The summed E-state index contributed by atoms with van der Waals surface area (Å²) in [5.74, 6) is -0.265. The first-order valence-corrected chi connectivity index (χ1v) is 5.18. The number of benzene rings is 1. The molecule has 0 saturated carbocycles. The summed E-state index contributed by atoms with van der Waals surface area (Å²) in [5, 5.41) is 3.26. The molecule has 1 rings (SSSR count). The van der Waals surface area contributed by atoms with Gasteiger partial charge in [-0.15, -0.1) is 0 Å². The van der Waals surface area contributed by atoms with Crippen LogP contribution in [0, 0.1) is 6.92 Å². The predicted octanol–water partition coefficient (Wildman–Crippen LogP) is 1.52. The van der Waals surface area contributed by atoms with Crippen molar-refractivity contribution in [3.05, 3.63) is 35.4 Å². The number of carbonyl (C=O) groups is 1. The van der Waals surface area contributed by atoms with Crippen molar-refractivity contribution in [1.82, 2.24) is 5.32 Å². The van der Waals surface area contributed by atoms with Crippen LogP contribution in [0.15, 0.2) is 24.3 Å². The fraction of sp³-hybridized carbons (Fsp3) is 0.417. The topological polar surface area (TPSA) is 55.1 Å². The first kappa shape index (κ1) is 11.7. The smallest absolute Gasteiger partial charge is 0.218 e. The van der Waals surface area contributed by atoms with Gasteiger partial charge in [0, 0.05) is 19.0 Å². The van der Waals surface area contributed by atoms with Crippen LogP contribution >= 0.6 is 0 Å². The molecule has 0 aromatic heterocycles. The van der Waals surface area contributed by atoms with Crippen molar-refractivity contribution in [2.24, 2.45) is 5.73 Å². The minimum atomic E-state index is -0.265. The third kappa shape index (κ3) is 4.13. The van der Waals surface area contributed by atoms with Gasteiger partial charge in [0.05, 0.1) is 0 Å². The van der Waals surface area contributed by atoms with Crippen LogP contribution in [-0.4, -0.2) is 12.5 Å². The van der Waals surface area contributed by atoms with E-state index >= 15 is 0 Å². The molecular weight excluding hydrogens is 188 g/mol. The monoisotopic (exact) mass is 206 g/mol. The Kier molecular flexibility index (Phi) is 4.31. The number of carbonyl (C=O) groups excluding carboxylic acids is 1. The summed E-state index contributed by atoms with van der Waals surface area (Å²) in [5.41, 5.74) is 7.54. The standard InChI is InChI=1S/C12H18N2O/c1-9-4-3-5-11(8-9)10(2)14-7-6-12(13)15/h3-5,8,10,14H,6-7H2,1-2H3,(H2,13,15). The molecule has 1 amide bonds. The van der Waals surface area contributed by atoms with Crippen LogP contribution in [0.25, 0.3) is 0 Å². The van der Waals surface area contributed by atoms with Crippen molar-refractivity contribution in [3.8, 4) is 0 Å². The highest BCUT2D eigenvalue weighted by molar-refractivity contribution is 5.73. The van der Waals surface area contributed by atoms with Crippen molar-refractivity contribution in [2.45, 2.75) is 26.3 Å². The highest BCUT2D eigenvalue weighted by atomic mass is 16.1. The Hall–Kier alpha value is -1.35. The quantitative estimate of drug-likeness (QED) is 0.767. The number of hydrogen-bond acceptors (Lipinski definition) is 2. The maximum Gasteiger partial charge on any atom is 0.218 e. The van der Waals surface area contributed by atoms with E-state index in [-0.39, 0.29) is 11.9 Å². The molecule has 1 aromatic carbocycles. The van der Waals surface area contributed by atoms with Gasteiger partial charge in [0.25, 0.3) is 0 Å². The molecule has 82 valence electrons. The van der Waals surface area contributed by atoms with E-state index in [0.717, 1.165) is 0 Å². The second-order valence-corrected chi connectivity index (χ2v) is 3.81. The van der Waals surface area contributed by atoms with Gasteiger partial charge in [0.15, 0.2) is 0 Å². The summed E-state index contributed by atoms with van der Waals surface area (Å²) < 4.78 is 0. The highest BCUT2D eigenvalue weighted by Crippen LogP contribution is 2.13. The number of nitrogens with one attached hydrogen (secondary N) is 1. The molecule has 0 spiro atoms. The SMILES string of the molecule is Cc1cccc(C(C)NCCC(N)=O)c1. The lowest BCUT2D eigenvalue weighted by Gasteiger charge is -2.14. The van der Waals surface area contributed by atoms with E-state index in [1.54, 1.807) is 0 Å². The summed E-state index contributed by atoms with van der Waals surface area (Å²) in [6, 6.07) is 8.58. The number of amides is 1. The number of aryl methyl sites for hydroxylation is 1. The largest absolute Gasteiger partial charge is 0.370 e. The molecule has 0 aliphatic carbocycles. The van der Waals surface area contributed by atoms with Crippen LogP contribution in [0.2, 0.25) is 0 Å². The van der Waals surface area contributed by atoms with E-state index in [0.29, 0.717) is 13.0 Å². The lowest BCUT2D eigenvalue weighted by Crippen LogP contribution is -2.24. The first-order chi connectivity index (χ1) is 7.09. The van der Waals surface area contributed by atoms with E-state index in [9.17, 15) is 4.79 Å². The molecule has 3 nitrogen and oxygen atoms in total. The van der Waals surface area contributed by atoms with Crippen LogP contribution in [0.5, 0.6) is 0 Å². The molecule has 0 heterocycles. The first-order valence-electron chi connectivity index (χ1n) is 5.18. The lowest BCUT2D eigenvalue weighted by atomic mass is 10.1. The Bertz CT molecular complexity index is 336. The summed E-state index contributed by atoms with van der Waals surface area (Å²) in [6.07, 6.45) is 0.385. The maximum atomic E-state index is 10.6. The van der Waals surface area contributed by atoms with Gasteiger partial charge in [-0.2, -0.15) is 0 Å². The summed E-state index contributed by atoms with van der Waals surface area (Å²) in [6.45, 7) is 4.78. The number of hydrogen-bond donors (Lipinski definition) is 2. The minimum Gasteiger partial charge on any atom is -0.370 e. The van der Waals surface area contributed by atoms with Gasteiger partial charge < -0.3 is 11.1 Å². The van der Waals surface area contributed by atoms with Crippen molar-refractivity contribution >= 4 is 5.91 Å². The van der Waals surface area contributed by atoms with Gasteiger partial charge in [-0.05, 0) is 19.4 Å². The van der Waals surface area contributed by atoms with Gasteiger partial charge in [0.2, 0.25) is 5.91 Å². The van der Waals surface area contributed by atoms with Crippen LogP contribution in [0.3, 0.4) is 0 Å². The van der Waals surface area contributed by atoms with E-state index in [4.69, 9.17) is 5.73 Å². The van der Waals surface area contributed by atoms with E-state index in [1.807, 2.05) is 6.07 Å². The average Bonchev–Trinajstić information content (AvgIpc) is 2.17. The normalized spacial score (nSPS) is 12.4. The molecule has 0 saturated heterocycles. The van der Waals surface area contributed by atoms with Crippen molar-refractivity contribution < 1.29 is 4.79 Å². The second-order valence-electron chi connectivity index (χ2n) is 3.81.